The van der Waals surface area contributed by atoms with Gasteiger partial charge in [0, 0.05) is 0 Å². The minimum atomic E-state index is -1.41. The molecule has 0 amide bonds. The van der Waals surface area contributed by atoms with Crippen LogP contribution in [-0.2, 0) is 4.79 Å². The zero-order valence-electron chi connectivity index (χ0n) is 8.72. The van der Waals surface area contributed by atoms with Crippen LogP contribution < -0.4 is 0 Å². The van der Waals surface area contributed by atoms with Gasteiger partial charge in [-0.2, -0.15) is 4.39 Å². The van der Waals surface area contributed by atoms with E-state index < -0.39 is 11.8 Å². The second-order valence-corrected chi connectivity index (χ2v) is 4.30. The molecule has 1 saturated carbocycles. The number of aliphatic carboxylic acids is 1. The molecule has 0 radical (unpaired) electrons. The number of rotatable bonds is 2. The topological polar surface area (TPSA) is 37.3 Å². The van der Waals surface area contributed by atoms with E-state index in [-0.39, 0.29) is 0 Å². The molecule has 0 aromatic heterocycles. The fourth-order valence-corrected chi connectivity index (χ4v) is 2.03. The van der Waals surface area contributed by atoms with Crippen LogP contribution in [-0.4, -0.2) is 11.1 Å². The molecule has 2 nitrogen and oxygen atoms in total. The maximum absolute atomic E-state index is 13.0. The van der Waals surface area contributed by atoms with Gasteiger partial charge in [-0.05, 0) is 43.1 Å². The lowest BCUT2D eigenvalue weighted by molar-refractivity contribution is -0.134. The van der Waals surface area contributed by atoms with Crippen molar-refractivity contribution in [2.24, 2.45) is 11.8 Å². The van der Waals surface area contributed by atoms with Crippen LogP contribution in [0, 0.1) is 11.8 Å². The zero-order valence-corrected chi connectivity index (χ0v) is 8.72. The standard InChI is InChI=1S/C11H17FO2/c1-7(2)8-3-5-9(6-4-8)10(12)11(13)14/h7-8H,3-6H2,1-2H3,(H,13,14). The van der Waals surface area contributed by atoms with Crippen LogP contribution in [0.2, 0.25) is 0 Å². The van der Waals surface area contributed by atoms with Crippen LogP contribution in [0.25, 0.3) is 0 Å². The van der Waals surface area contributed by atoms with Crippen molar-refractivity contribution in [2.45, 2.75) is 39.5 Å². The summed E-state index contributed by atoms with van der Waals surface area (Å²) in [6, 6.07) is 0. The molecule has 1 aliphatic carbocycles. The van der Waals surface area contributed by atoms with Crippen molar-refractivity contribution in [2.75, 3.05) is 0 Å². The van der Waals surface area contributed by atoms with E-state index in [0.717, 1.165) is 12.8 Å². The summed E-state index contributed by atoms with van der Waals surface area (Å²) in [5, 5.41) is 8.48. The maximum atomic E-state index is 13.0. The van der Waals surface area contributed by atoms with Crippen molar-refractivity contribution in [1.29, 1.82) is 0 Å². The lowest BCUT2D eigenvalue weighted by Crippen LogP contribution is -2.15. The predicted octanol–water partition coefficient (Wildman–Crippen LogP) is 3.14. The van der Waals surface area contributed by atoms with Crippen LogP contribution in [0.1, 0.15) is 39.5 Å². The van der Waals surface area contributed by atoms with Crippen LogP contribution in [0.3, 0.4) is 0 Å². The van der Waals surface area contributed by atoms with Crippen molar-refractivity contribution in [1.82, 2.24) is 0 Å². The monoisotopic (exact) mass is 200 g/mol. The lowest BCUT2D eigenvalue weighted by Gasteiger charge is -2.26. The number of halogens is 1. The van der Waals surface area contributed by atoms with E-state index in [0.29, 0.717) is 30.3 Å². The Kier molecular flexibility index (Phi) is 3.67. The molecule has 0 aromatic carbocycles. The van der Waals surface area contributed by atoms with Crippen LogP contribution in [0.4, 0.5) is 4.39 Å². The van der Waals surface area contributed by atoms with Crippen LogP contribution in [0.5, 0.6) is 0 Å². The molecule has 0 aliphatic heterocycles. The third-order valence-corrected chi connectivity index (χ3v) is 3.07. The molecule has 0 heterocycles. The molecule has 0 unspecified atom stereocenters. The van der Waals surface area contributed by atoms with Gasteiger partial charge >= 0.3 is 5.97 Å². The maximum Gasteiger partial charge on any atom is 0.364 e. The van der Waals surface area contributed by atoms with Crippen molar-refractivity contribution in [3.05, 3.63) is 11.4 Å². The van der Waals surface area contributed by atoms with E-state index >= 15 is 0 Å². The SMILES string of the molecule is CC(C)C1CCC(=C(F)C(=O)O)CC1. The first-order valence-corrected chi connectivity index (χ1v) is 5.13. The van der Waals surface area contributed by atoms with E-state index in [1.807, 2.05) is 0 Å². The second-order valence-electron chi connectivity index (χ2n) is 4.30. The fraction of sp³-hybridized carbons (Fsp3) is 0.727. The molecule has 0 saturated heterocycles. The van der Waals surface area contributed by atoms with Gasteiger partial charge in [-0.1, -0.05) is 13.8 Å². The number of hydrogen-bond acceptors (Lipinski definition) is 1. The molecule has 1 fully saturated rings. The van der Waals surface area contributed by atoms with Gasteiger partial charge in [0.2, 0.25) is 5.83 Å². The molecule has 1 rings (SSSR count). The van der Waals surface area contributed by atoms with Gasteiger partial charge in [0.1, 0.15) is 0 Å². The Hall–Kier alpha value is -0.860. The van der Waals surface area contributed by atoms with Gasteiger partial charge in [0.05, 0.1) is 0 Å². The van der Waals surface area contributed by atoms with Crippen molar-refractivity contribution < 1.29 is 14.3 Å². The average Bonchev–Trinajstić information content (AvgIpc) is 2.16. The highest BCUT2D eigenvalue weighted by Gasteiger charge is 2.23. The Bertz CT molecular complexity index is 246. The average molecular weight is 200 g/mol. The van der Waals surface area contributed by atoms with Gasteiger partial charge in [-0.3, -0.25) is 0 Å². The van der Waals surface area contributed by atoms with Crippen molar-refractivity contribution >= 4 is 5.97 Å². The van der Waals surface area contributed by atoms with Gasteiger partial charge in [0.25, 0.3) is 0 Å². The number of carboxylic acid groups (broad SMARTS) is 1. The molecule has 0 aromatic rings. The smallest absolute Gasteiger partial charge is 0.364 e. The number of carboxylic acids is 1. The highest BCUT2D eigenvalue weighted by Crippen LogP contribution is 2.34. The normalized spacial score (nSPS) is 22.6. The Morgan fingerprint density at radius 2 is 1.93 bits per heavy atom. The largest absolute Gasteiger partial charge is 0.476 e. The third kappa shape index (κ3) is 2.56. The molecule has 1 N–H and O–H groups in total. The molecule has 14 heavy (non-hydrogen) atoms. The molecule has 80 valence electrons. The predicted molar refractivity (Wildman–Crippen MR) is 52.6 cm³/mol. The summed E-state index contributed by atoms with van der Waals surface area (Å²) in [5.41, 5.74) is 0.495. The molecule has 0 bridgehead atoms. The van der Waals surface area contributed by atoms with Gasteiger partial charge in [-0.25, -0.2) is 4.79 Å². The zero-order chi connectivity index (χ0) is 10.7. The minimum Gasteiger partial charge on any atom is -0.476 e. The van der Waals surface area contributed by atoms with Crippen molar-refractivity contribution in [3.63, 3.8) is 0 Å². The molecule has 0 spiro atoms. The number of allylic oxidation sites excluding steroid dienone is 1. The summed E-state index contributed by atoms with van der Waals surface area (Å²) in [4.78, 5) is 10.4. The highest BCUT2D eigenvalue weighted by atomic mass is 19.1. The van der Waals surface area contributed by atoms with Gasteiger partial charge < -0.3 is 5.11 Å². The number of carbonyl (C=O) groups is 1. The summed E-state index contributed by atoms with van der Waals surface area (Å²) < 4.78 is 13.0. The fourth-order valence-electron chi connectivity index (χ4n) is 2.03. The first-order chi connectivity index (χ1) is 6.52. The van der Waals surface area contributed by atoms with Crippen molar-refractivity contribution in [3.8, 4) is 0 Å². The lowest BCUT2D eigenvalue weighted by atomic mass is 9.79. The summed E-state index contributed by atoms with van der Waals surface area (Å²) in [6.45, 7) is 4.32. The van der Waals surface area contributed by atoms with Crippen LogP contribution in [0.15, 0.2) is 11.4 Å². The first-order valence-electron chi connectivity index (χ1n) is 5.13. The molecular formula is C11H17FO2. The third-order valence-electron chi connectivity index (χ3n) is 3.07. The Morgan fingerprint density at radius 1 is 1.43 bits per heavy atom. The second kappa shape index (κ2) is 4.58. The van der Waals surface area contributed by atoms with E-state index in [2.05, 4.69) is 13.8 Å². The van der Waals surface area contributed by atoms with E-state index in [9.17, 15) is 9.18 Å². The number of hydrogen-bond donors (Lipinski definition) is 1. The first kappa shape index (κ1) is 11.2. The molecular weight excluding hydrogens is 183 g/mol. The van der Waals surface area contributed by atoms with Gasteiger partial charge in [-0.15, -0.1) is 0 Å². The highest BCUT2D eigenvalue weighted by molar-refractivity contribution is 5.84. The Morgan fingerprint density at radius 3 is 2.29 bits per heavy atom. The molecule has 0 atom stereocenters. The quantitative estimate of drug-likeness (QED) is 0.695. The Balaban J connectivity index is 2.59. The summed E-state index contributed by atoms with van der Waals surface area (Å²) in [7, 11) is 0. The minimum absolute atomic E-state index is 0.495. The van der Waals surface area contributed by atoms with E-state index in [4.69, 9.17) is 5.11 Å². The van der Waals surface area contributed by atoms with Crippen LogP contribution >= 0.6 is 0 Å². The molecule has 1 aliphatic rings. The molecule has 3 heteroatoms. The summed E-state index contributed by atoms with van der Waals surface area (Å²) in [5.74, 6) is -1.10. The van der Waals surface area contributed by atoms with Gasteiger partial charge in [0.15, 0.2) is 0 Å². The summed E-state index contributed by atoms with van der Waals surface area (Å²) in [6.07, 6.45) is 3.07. The van der Waals surface area contributed by atoms with E-state index in [1.54, 1.807) is 0 Å². The summed E-state index contributed by atoms with van der Waals surface area (Å²) >= 11 is 0. The van der Waals surface area contributed by atoms with E-state index in [1.165, 1.54) is 0 Å². The Labute approximate surface area is 83.8 Å².